The van der Waals surface area contributed by atoms with E-state index in [9.17, 15) is 5.26 Å². The standard InChI is InChI=1S/C22H18Cl2N4/c1-2-5-15-11-21(26-13-14-8-9-17(23)18(24)10-14)28-20-7-4-3-6-19(20)27-22(28)16(15)12-25/h3-4,6-11H,2,5,13H2,1H3,(H,26,27)/p+1. The first kappa shape index (κ1) is 18.6. The Morgan fingerprint density at radius 1 is 1.11 bits per heavy atom. The van der Waals surface area contributed by atoms with E-state index in [1.807, 2.05) is 36.4 Å². The number of nitrogens with zero attached hydrogens (tertiary/aromatic N) is 2. The third-order valence-corrected chi connectivity index (χ3v) is 5.56. The monoisotopic (exact) mass is 409 g/mol. The zero-order valence-corrected chi connectivity index (χ0v) is 16.9. The van der Waals surface area contributed by atoms with E-state index in [1.54, 1.807) is 6.07 Å². The quantitative estimate of drug-likeness (QED) is 0.418. The zero-order chi connectivity index (χ0) is 19.7. The van der Waals surface area contributed by atoms with Crippen LogP contribution in [0.1, 0.15) is 30.0 Å². The molecule has 0 saturated carbocycles. The van der Waals surface area contributed by atoms with E-state index in [0.29, 0.717) is 22.2 Å². The Kier molecular flexibility index (Phi) is 5.13. The molecule has 0 bridgehead atoms. The largest absolute Gasteiger partial charge is 0.301 e. The summed E-state index contributed by atoms with van der Waals surface area (Å²) in [6.07, 6.45) is 1.81. The van der Waals surface area contributed by atoms with Crippen LogP contribution in [-0.2, 0) is 13.0 Å². The molecular weight excluding hydrogens is 391 g/mol. The van der Waals surface area contributed by atoms with Crippen LogP contribution in [0.4, 0.5) is 5.82 Å². The fourth-order valence-corrected chi connectivity index (χ4v) is 3.84. The van der Waals surface area contributed by atoms with Crippen LogP contribution in [0.5, 0.6) is 0 Å². The molecule has 0 aliphatic rings. The molecule has 4 aromatic rings. The third kappa shape index (κ3) is 3.28. The maximum absolute atomic E-state index is 9.79. The van der Waals surface area contributed by atoms with Crippen molar-refractivity contribution in [3.05, 3.63) is 75.3 Å². The fraction of sp³-hybridized carbons (Fsp3) is 0.182. The minimum absolute atomic E-state index is 0.539. The first-order valence-corrected chi connectivity index (χ1v) is 9.94. The number of pyridine rings is 1. The van der Waals surface area contributed by atoms with Crippen molar-refractivity contribution in [2.24, 2.45) is 0 Å². The molecule has 0 spiro atoms. The Balaban J connectivity index is 1.85. The number of anilines is 1. The van der Waals surface area contributed by atoms with E-state index in [-0.39, 0.29) is 0 Å². The van der Waals surface area contributed by atoms with Crippen LogP contribution in [0.3, 0.4) is 0 Å². The van der Waals surface area contributed by atoms with Gasteiger partial charge in [-0.05, 0) is 41.8 Å². The van der Waals surface area contributed by atoms with Crippen molar-refractivity contribution in [3.8, 4) is 6.07 Å². The summed E-state index contributed by atoms with van der Waals surface area (Å²) >= 11 is 12.2. The second-order valence-electron chi connectivity index (χ2n) is 6.72. The van der Waals surface area contributed by atoms with Crippen LogP contribution < -0.4 is 9.72 Å². The van der Waals surface area contributed by atoms with E-state index >= 15 is 0 Å². The van der Waals surface area contributed by atoms with Gasteiger partial charge >= 0.3 is 0 Å². The first-order valence-electron chi connectivity index (χ1n) is 9.18. The smallest absolute Gasteiger partial charge is 0.250 e. The molecule has 6 heteroatoms. The van der Waals surface area contributed by atoms with Gasteiger partial charge < -0.3 is 5.32 Å². The highest BCUT2D eigenvalue weighted by Gasteiger charge is 2.21. The average molecular weight is 410 g/mol. The first-order chi connectivity index (χ1) is 13.6. The van der Waals surface area contributed by atoms with Gasteiger partial charge in [0.15, 0.2) is 0 Å². The molecule has 4 nitrogen and oxygen atoms in total. The van der Waals surface area contributed by atoms with Gasteiger partial charge in [-0.2, -0.15) is 9.66 Å². The number of hydrogen-bond acceptors (Lipinski definition) is 2. The van der Waals surface area contributed by atoms with E-state index in [2.05, 4.69) is 33.8 Å². The highest BCUT2D eigenvalue weighted by molar-refractivity contribution is 6.42. The van der Waals surface area contributed by atoms with Gasteiger partial charge in [-0.1, -0.05) is 54.7 Å². The number of halogens is 2. The molecule has 28 heavy (non-hydrogen) atoms. The van der Waals surface area contributed by atoms with Gasteiger partial charge in [0.2, 0.25) is 11.5 Å². The Bertz CT molecular complexity index is 1220. The van der Waals surface area contributed by atoms with E-state index < -0.39 is 0 Å². The summed E-state index contributed by atoms with van der Waals surface area (Å²) in [5.74, 6) is 0.931. The Morgan fingerprint density at radius 3 is 2.68 bits per heavy atom. The van der Waals surface area contributed by atoms with Crippen molar-refractivity contribution < 1.29 is 4.40 Å². The number of aromatic amines is 1. The van der Waals surface area contributed by atoms with Gasteiger partial charge in [-0.25, -0.2) is 0 Å². The number of aryl methyl sites for hydroxylation is 1. The summed E-state index contributed by atoms with van der Waals surface area (Å²) in [6.45, 7) is 2.71. The second kappa shape index (κ2) is 7.71. The van der Waals surface area contributed by atoms with Crippen molar-refractivity contribution in [2.75, 3.05) is 5.32 Å². The minimum atomic E-state index is 0.539. The highest BCUT2D eigenvalue weighted by atomic mass is 35.5. The third-order valence-electron chi connectivity index (χ3n) is 4.82. The predicted molar refractivity (Wildman–Crippen MR) is 114 cm³/mol. The number of rotatable bonds is 5. The maximum Gasteiger partial charge on any atom is 0.250 e. The molecule has 0 atom stereocenters. The molecule has 2 aromatic heterocycles. The number of nitrogens with one attached hydrogen (secondary N) is 2. The van der Waals surface area contributed by atoms with Crippen LogP contribution in [0, 0.1) is 11.3 Å². The molecule has 4 rings (SSSR count). The van der Waals surface area contributed by atoms with Gasteiger partial charge in [0.25, 0.3) is 0 Å². The number of nitriles is 1. The molecular formula is C22H19Cl2N4+. The van der Waals surface area contributed by atoms with E-state index in [4.69, 9.17) is 23.2 Å². The molecule has 0 aliphatic carbocycles. The number of benzene rings is 2. The summed E-state index contributed by atoms with van der Waals surface area (Å²) in [6, 6.07) is 18.1. The van der Waals surface area contributed by atoms with Crippen LogP contribution in [0.25, 0.3) is 16.7 Å². The van der Waals surface area contributed by atoms with E-state index in [1.165, 1.54) is 0 Å². The van der Waals surface area contributed by atoms with Crippen molar-refractivity contribution >= 4 is 45.7 Å². The Hall–Kier alpha value is -2.74. The maximum atomic E-state index is 9.79. The molecule has 2 N–H and O–H groups in total. The molecule has 0 amide bonds. The summed E-state index contributed by atoms with van der Waals surface area (Å²) in [4.78, 5) is 3.41. The number of aromatic nitrogens is 2. The molecule has 0 aliphatic heterocycles. The predicted octanol–water partition coefficient (Wildman–Crippen LogP) is 5.65. The summed E-state index contributed by atoms with van der Waals surface area (Å²) in [5, 5.41) is 14.4. The van der Waals surface area contributed by atoms with Crippen LogP contribution in [0.2, 0.25) is 10.0 Å². The number of fused-ring (bicyclic) bond motifs is 3. The molecule has 2 aromatic carbocycles. The summed E-state index contributed by atoms with van der Waals surface area (Å²) in [7, 11) is 0. The van der Waals surface area contributed by atoms with Gasteiger partial charge in [0.1, 0.15) is 22.7 Å². The Morgan fingerprint density at radius 2 is 1.93 bits per heavy atom. The second-order valence-corrected chi connectivity index (χ2v) is 7.53. The summed E-state index contributed by atoms with van der Waals surface area (Å²) < 4.78 is 2.07. The van der Waals surface area contributed by atoms with Crippen LogP contribution in [0.15, 0.2) is 48.5 Å². The number of hydrogen-bond donors (Lipinski definition) is 2. The average Bonchev–Trinajstić information content (AvgIpc) is 3.08. The minimum Gasteiger partial charge on any atom is -0.301 e. The molecule has 140 valence electrons. The van der Waals surface area contributed by atoms with Gasteiger partial charge in [-0.3, -0.25) is 4.98 Å². The van der Waals surface area contributed by atoms with Crippen molar-refractivity contribution in [1.29, 1.82) is 5.26 Å². The van der Waals surface area contributed by atoms with Gasteiger partial charge in [0, 0.05) is 6.07 Å². The van der Waals surface area contributed by atoms with Gasteiger partial charge in [-0.15, -0.1) is 0 Å². The SMILES string of the molecule is CCCc1cc(NCc2ccc(Cl)c(Cl)c2)[n+]2c([nH]c3ccccc32)c1C#N. The normalized spacial score (nSPS) is 11.1. The zero-order valence-electron chi connectivity index (χ0n) is 15.4. The van der Waals surface area contributed by atoms with Crippen LogP contribution >= 0.6 is 23.2 Å². The highest BCUT2D eigenvalue weighted by Crippen LogP contribution is 2.24. The van der Waals surface area contributed by atoms with E-state index in [0.717, 1.165) is 46.5 Å². The number of H-pyrrole nitrogens is 1. The summed E-state index contributed by atoms with van der Waals surface area (Å²) in [5.41, 5.74) is 5.58. The van der Waals surface area contributed by atoms with Crippen molar-refractivity contribution in [3.63, 3.8) is 0 Å². The molecule has 2 heterocycles. The van der Waals surface area contributed by atoms with Crippen molar-refractivity contribution in [1.82, 2.24) is 4.98 Å². The fourth-order valence-electron chi connectivity index (χ4n) is 3.52. The lowest BCUT2D eigenvalue weighted by atomic mass is 10.1. The number of para-hydroxylation sites is 2. The Labute approximate surface area is 173 Å². The topological polar surface area (TPSA) is 55.7 Å². The van der Waals surface area contributed by atoms with Crippen LogP contribution in [-0.4, -0.2) is 4.98 Å². The lowest BCUT2D eigenvalue weighted by Gasteiger charge is -2.09. The van der Waals surface area contributed by atoms with Gasteiger partial charge in [0.05, 0.1) is 16.6 Å². The lowest BCUT2D eigenvalue weighted by Crippen LogP contribution is -2.27. The molecule has 0 saturated heterocycles. The lowest BCUT2D eigenvalue weighted by molar-refractivity contribution is -0.465. The molecule has 0 unspecified atom stereocenters. The molecule has 0 fully saturated rings. The molecule has 0 radical (unpaired) electrons. The number of imidazole rings is 1. The van der Waals surface area contributed by atoms with Crippen molar-refractivity contribution in [2.45, 2.75) is 26.3 Å².